The number of nitrogens with two attached hydrogens (primary N) is 1. The maximum atomic E-state index is 12.5. The molecule has 0 aliphatic heterocycles. The van der Waals surface area contributed by atoms with Crippen LogP contribution in [-0.4, -0.2) is 11.8 Å². The Balaban J connectivity index is 2.83. The smallest absolute Gasteiger partial charge is 0.302 e. The molecule has 0 fully saturated rings. The standard InChI is InChI=1S/C11H9F3N2O2/c12-7(10(13)14)5-9(17)16-8-4-2-1-3-6(8)11(15)18/h1-4H,5H2,(H2,15,18)(H,16,17). The van der Waals surface area contributed by atoms with Gasteiger partial charge in [-0.05, 0) is 12.1 Å². The predicted octanol–water partition coefficient (Wildman–Crippen LogP) is 2.19. The van der Waals surface area contributed by atoms with Gasteiger partial charge in [-0.2, -0.15) is 8.78 Å². The number of hydrogen-bond donors (Lipinski definition) is 2. The van der Waals surface area contributed by atoms with Gasteiger partial charge < -0.3 is 11.1 Å². The van der Waals surface area contributed by atoms with E-state index < -0.39 is 30.1 Å². The SMILES string of the molecule is NC(=O)c1ccccc1NC(=O)CC(F)=C(F)F. The first-order valence-electron chi connectivity index (χ1n) is 4.80. The molecule has 0 bridgehead atoms. The average molecular weight is 258 g/mol. The van der Waals surface area contributed by atoms with Crippen molar-refractivity contribution in [1.82, 2.24) is 0 Å². The Morgan fingerprint density at radius 1 is 1.17 bits per heavy atom. The van der Waals surface area contributed by atoms with E-state index in [1.807, 2.05) is 0 Å². The molecule has 0 spiro atoms. The van der Waals surface area contributed by atoms with Gasteiger partial charge in [0.1, 0.15) is 0 Å². The summed E-state index contributed by atoms with van der Waals surface area (Å²) in [5.41, 5.74) is 5.10. The second kappa shape index (κ2) is 5.85. The number of para-hydroxylation sites is 1. The fourth-order valence-electron chi connectivity index (χ4n) is 1.21. The van der Waals surface area contributed by atoms with Crippen LogP contribution in [0.25, 0.3) is 0 Å². The molecular formula is C11H9F3N2O2. The summed E-state index contributed by atoms with van der Waals surface area (Å²) in [5.74, 6) is -3.61. The lowest BCUT2D eigenvalue weighted by molar-refractivity contribution is -0.115. The molecular weight excluding hydrogens is 249 g/mol. The Hall–Kier alpha value is -2.31. The predicted molar refractivity (Wildman–Crippen MR) is 58.6 cm³/mol. The summed E-state index contributed by atoms with van der Waals surface area (Å²) in [6.45, 7) is 0. The van der Waals surface area contributed by atoms with Gasteiger partial charge in [0.25, 0.3) is 5.91 Å². The molecule has 1 aromatic rings. The molecule has 0 atom stereocenters. The highest BCUT2D eigenvalue weighted by Crippen LogP contribution is 2.17. The van der Waals surface area contributed by atoms with E-state index >= 15 is 0 Å². The first-order chi connectivity index (χ1) is 8.41. The maximum absolute atomic E-state index is 12.5. The zero-order valence-electron chi connectivity index (χ0n) is 9.04. The van der Waals surface area contributed by atoms with Crippen LogP contribution in [0, 0.1) is 0 Å². The molecule has 0 aliphatic carbocycles. The van der Waals surface area contributed by atoms with Gasteiger partial charge in [-0.25, -0.2) is 4.39 Å². The molecule has 7 heteroatoms. The van der Waals surface area contributed by atoms with Gasteiger partial charge in [0.2, 0.25) is 5.91 Å². The molecule has 0 saturated heterocycles. The third-order valence-corrected chi connectivity index (χ3v) is 1.99. The lowest BCUT2D eigenvalue weighted by atomic mass is 10.1. The molecule has 1 aromatic carbocycles. The summed E-state index contributed by atoms with van der Waals surface area (Å²) in [6.07, 6.45) is -3.65. The van der Waals surface area contributed by atoms with Crippen LogP contribution in [0.4, 0.5) is 18.9 Å². The minimum atomic E-state index is -2.55. The van der Waals surface area contributed by atoms with Crippen molar-refractivity contribution in [3.8, 4) is 0 Å². The molecule has 96 valence electrons. The van der Waals surface area contributed by atoms with Gasteiger partial charge >= 0.3 is 6.08 Å². The van der Waals surface area contributed by atoms with Crippen LogP contribution < -0.4 is 11.1 Å². The highest BCUT2D eigenvalue weighted by Gasteiger charge is 2.14. The van der Waals surface area contributed by atoms with Crippen molar-refractivity contribution >= 4 is 17.5 Å². The molecule has 0 radical (unpaired) electrons. The molecule has 4 nitrogen and oxygen atoms in total. The van der Waals surface area contributed by atoms with Crippen molar-refractivity contribution in [3.63, 3.8) is 0 Å². The van der Waals surface area contributed by atoms with Crippen LogP contribution >= 0.6 is 0 Å². The topological polar surface area (TPSA) is 72.2 Å². The number of carbonyl (C=O) groups is 2. The van der Waals surface area contributed by atoms with Crippen LogP contribution in [0.2, 0.25) is 0 Å². The molecule has 1 rings (SSSR count). The number of benzene rings is 1. The number of amides is 2. The Morgan fingerprint density at radius 3 is 2.33 bits per heavy atom. The summed E-state index contributed by atoms with van der Waals surface area (Å²) in [6, 6.07) is 5.72. The first-order valence-corrected chi connectivity index (χ1v) is 4.80. The van der Waals surface area contributed by atoms with Crippen LogP contribution in [0.3, 0.4) is 0 Å². The zero-order valence-corrected chi connectivity index (χ0v) is 9.04. The van der Waals surface area contributed by atoms with Crippen molar-refractivity contribution in [3.05, 3.63) is 41.7 Å². The highest BCUT2D eigenvalue weighted by atomic mass is 19.3. The summed E-state index contributed by atoms with van der Waals surface area (Å²) in [4.78, 5) is 22.2. The van der Waals surface area contributed by atoms with E-state index in [9.17, 15) is 22.8 Å². The van der Waals surface area contributed by atoms with Crippen molar-refractivity contribution < 1.29 is 22.8 Å². The van der Waals surface area contributed by atoms with Crippen LogP contribution in [0.1, 0.15) is 16.8 Å². The van der Waals surface area contributed by atoms with E-state index in [1.165, 1.54) is 24.3 Å². The molecule has 2 amide bonds. The van der Waals surface area contributed by atoms with Crippen LogP contribution in [0.15, 0.2) is 36.2 Å². The van der Waals surface area contributed by atoms with Crippen LogP contribution in [0.5, 0.6) is 0 Å². The van der Waals surface area contributed by atoms with Gasteiger partial charge in [0, 0.05) is 0 Å². The highest BCUT2D eigenvalue weighted by molar-refractivity contribution is 6.03. The van der Waals surface area contributed by atoms with Gasteiger partial charge in [-0.15, -0.1) is 0 Å². The van der Waals surface area contributed by atoms with Crippen LogP contribution in [-0.2, 0) is 4.79 Å². The molecule has 3 N–H and O–H groups in total. The van der Waals surface area contributed by atoms with Crippen molar-refractivity contribution in [1.29, 1.82) is 0 Å². The molecule has 0 heterocycles. The van der Waals surface area contributed by atoms with E-state index in [0.717, 1.165) is 0 Å². The number of halogens is 3. The summed E-state index contributed by atoms with van der Waals surface area (Å²) in [7, 11) is 0. The van der Waals surface area contributed by atoms with Gasteiger partial charge in [0.05, 0.1) is 17.7 Å². The second-order valence-electron chi connectivity index (χ2n) is 3.30. The van der Waals surface area contributed by atoms with Crippen molar-refractivity contribution in [2.45, 2.75) is 6.42 Å². The third kappa shape index (κ3) is 3.62. The molecule has 0 aliphatic rings. The second-order valence-corrected chi connectivity index (χ2v) is 3.30. The molecule has 0 aromatic heterocycles. The normalized spacial score (nSPS) is 9.72. The zero-order chi connectivity index (χ0) is 13.7. The number of rotatable bonds is 4. The number of anilines is 1. The summed E-state index contributed by atoms with van der Waals surface area (Å²) in [5, 5.41) is 2.13. The van der Waals surface area contributed by atoms with Crippen molar-refractivity contribution in [2.75, 3.05) is 5.32 Å². The fraction of sp³-hybridized carbons (Fsp3) is 0.0909. The monoisotopic (exact) mass is 258 g/mol. The molecule has 18 heavy (non-hydrogen) atoms. The quantitative estimate of drug-likeness (QED) is 0.868. The lowest BCUT2D eigenvalue weighted by Crippen LogP contribution is -2.18. The molecule has 0 saturated carbocycles. The van der Waals surface area contributed by atoms with E-state index in [1.54, 1.807) is 0 Å². The largest absolute Gasteiger partial charge is 0.366 e. The Bertz CT molecular complexity index is 511. The van der Waals surface area contributed by atoms with Gasteiger partial charge in [0.15, 0.2) is 5.83 Å². The lowest BCUT2D eigenvalue weighted by Gasteiger charge is -2.07. The number of carbonyl (C=O) groups excluding carboxylic acids is 2. The number of hydrogen-bond acceptors (Lipinski definition) is 2. The van der Waals surface area contributed by atoms with E-state index in [0.29, 0.717) is 0 Å². The Labute approximate surface area is 100 Å². The van der Waals surface area contributed by atoms with E-state index in [4.69, 9.17) is 5.73 Å². The first kappa shape index (κ1) is 13.8. The summed E-state index contributed by atoms with van der Waals surface area (Å²) < 4.78 is 36.1. The van der Waals surface area contributed by atoms with Gasteiger partial charge in [-0.1, -0.05) is 12.1 Å². The third-order valence-electron chi connectivity index (χ3n) is 1.99. The van der Waals surface area contributed by atoms with E-state index in [-0.39, 0.29) is 11.3 Å². The molecule has 0 unspecified atom stereocenters. The maximum Gasteiger partial charge on any atom is 0.302 e. The summed E-state index contributed by atoms with van der Waals surface area (Å²) >= 11 is 0. The Morgan fingerprint density at radius 2 is 1.78 bits per heavy atom. The fourth-order valence-corrected chi connectivity index (χ4v) is 1.21. The van der Waals surface area contributed by atoms with Crippen molar-refractivity contribution in [2.24, 2.45) is 5.73 Å². The number of nitrogens with one attached hydrogen (secondary N) is 1. The van der Waals surface area contributed by atoms with Gasteiger partial charge in [-0.3, -0.25) is 9.59 Å². The van der Waals surface area contributed by atoms with E-state index in [2.05, 4.69) is 5.32 Å². The minimum absolute atomic E-state index is 0.0101. The number of primary amides is 1. The average Bonchev–Trinajstić information content (AvgIpc) is 2.28. The minimum Gasteiger partial charge on any atom is -0.366 e. The Kier molecular flexibility index (Phi) is 4.47.